The van der Waals surface area contributed by atoms with E-state index in [4.69, 9.17) is 4.74 Å². The molecule has 0 saturated carbocycles. The highest BCUT2D eigenvalue weighted by Crippen LogP contribution is 2.25. The van der Waals surface area contributed by atoms with Gasteiger partial charge in [0.15, 0.2) is 0 Å². The Morgan fingerprint density at radius 3 is 2.68 bits per heavy atom. The molecule has 22 heavy (non-hydrogen) atoms. The number of amides is 3. The fourth-order valence-electron chi connectivity index (χ4n) is 2.26. The third-order valence-corrected chi connectivity index (χ3v) is 3.22. The number of hydrogen-bond acceptors (Lipinski definition) is 4. The number of hydrogen-bond donors (Lipinski definition) is 4. The molecule has 0 bridgehead atoms. The largest absolute Gasteiger partial charge is 0.394 e. The quantitative estimate of drug-likeness (QED) is 0.660. The molecule has 3 amide bonds. The van der Waals surface area contributed by atoms with Gasteiger partial charge in [0.2, 0.25) is 5.91 Å². The smallest absolute Gasteiger partial charge is 0.319 e. The third kappa shape index (κ3) is 4.19. The monoisotopic (exact) mass is 307 g/mol. The Balaban J connectivity index is 2.02. The first kappa shape index (κ1) is 16.3. The number of carbonyl (C=O) groups excluding carboxylic acids is 2. The van der Waals surface area contributed by atoms with Crippen molar-refractivity contribution in [1.29, 1.82) is 0 Å². The first-order valence-electron chi connectivity index (χ1n) is 7.19. The van der Waals surface area contributed by atoms with Crippen LogP contribution >= 0.6 is 0 Å². The number of ether oxygens (including phenoxy) is 1. The molecule has 1 aromatic rings. The van der Waals surface area contributed by atoms with Gasteiger partial charge in [-0.2, -0.15) is 0 Å². The van der Waals surface area contributed by atoms with E-state index < -0.39 is 12.1 Å². The van der Waals surface area contributed by atoms with Crippen molar-refractivity contribution >= 4 is 17.6 Å². The van der Waals surface area contributed by atoms with Crippen molar-refractivity contribution in [3.63, 3.8) is 0 Å². The van der Waals surface area contributed by atoms with Crippen molar-refractivity contribution in [2.75, 3.05) is 18.5 Å². The standard InChI is InChI=1S/C15H21N3O4/c1-9(2)16-15(21)17-11-5-3-10(4-6-11)14-12(7-19)18-13(20)8-22-14/h3-6,9,12,14,19H,7-8H2,1-2H3,(H,18,20)(H2,16,17,21). The number of nitrogens with one attached hydrogen (secondary N) is 3. The molecule has 1 aliphatic heterocycles. The lowest BCUT2D eigenvalue weighted by Crippen LogP contribution is -2.49. The maximum atomic E-state index is 11.6. The van der Waals surface area contributed by atoms with Crippen LogP contribution < -0.4 is 16.0 Å². The Hall–Kier alpha value is -2.12. The molecule has 4 N–H and O–H groups in total. The molecule has 2 rings (SSSR count). The van der Waals surface area contributed by atoms with Gasteiger partial charge in [0.1, 0.15) is 12.7 Å². The number of rotatable bonds is 4. The highest BCUT2D eigenvalue weighted by Gasteiger charge is 2.30. The first-order chi connectivity index (χ1) is 10.5. The second kappa shape index (κ2) is 7.24. The summed E-state index contributed by atoms with van der Waals surface area (Å²) in [4.78, 5) is 22.9. The summed E-state index contributed by atoms with van der Waals surface area (Å²) in [5, 5.41) is 17.5. The van der Waals surface area contributed by atoms with E-state index in [2.05, 4.69) is 16.0 Å². The molecular formula is C15H21N3O4. The molecule has 7 nitrogen and oxygen atoms in total. The number of aliphatic hydroxyl groups is 1. The lowest BCUT2D eigenvalue weighted by Gasteiger charge is -2.31. The zero-order valence-electron chi connectivity index (χ0n) is 12.6. The third-order valence-electron chi connectivity index (χ3n) is 3.22. The summed E-state index contributed by atoms with van der Waals surface area (Å²) in [5.41, 5.74) is 1.48. The summed E-state index contributed by atoms with van der Waals surface area (Å²) in [6.07, 6.45) is -0.402. The summed E-state index contributed by atoms with van der Waals surface area (Å²) in [7, 11) is 0. The number of morpholine rings is 1. The minimum Gasteiger partial charge on any atom is -0.394 e. The van der Waals surface area contributed by atoms with Crippen LogP contribution in [0.15, 0.2) is 24.3 Å². The van der Waals surface area contributed by atoms with Gasteiger partial charge in [0.05, 0.1) is 12.6 Å². The Bertz CT molecular complexity index is 530. The Morgan fingerprint density at radius 1 is 1.41 bits per heavy atom. The number of aliphatic hydroxyl groups excluding tert-OH is 1. The van der Waals surface area contributed by atoms with Crippen LogP contribution in [-0.2, 0) is 9.53 Å². The molecule has 7 heteroatoms. The normalized spacial score (nSPS) is 21.4. The average Bonchev–Trinajstić information content (AvgIpc) is 2.47. The van der Waals surface area contributed by atoms with Gasteiger partial charge < -0.3 is 25.8 Å². The summed E-state index contributed by atoms with van der Waals surface area (Å²) >= 11 is 0. The van der Waals surface area contributed by atoms with Gasteiger partial charge in [-0.05, 0) is 31.5 Å². The van der Waals surface area contributed by atoms with Gasteiger partial charge in [-0.1, -0.05) is 12.1 Å². The van der Waals surface area contributed by atoms with E-state index in [0.717, 1.165) is 5.56 Å². The molecule has 1 heterocycles. The van der Waals surface area contributed by atoms with Crippen LogP contribution in [-0.4, -0.2) is 42.3 Å². The van der Waals surface area contributed by atoms with Crippen molar-refractivity contribution in [2.24, 2.45) is 0 Å². The van der Waals surface area contributed by atoms with Crippen molar-refractivity contribution < 1.29 is 19.4 Å². The Labute approximate surface area is 129 Å². The average molecular weight is 307 g/mol. The summed E-state index contributed by atoms with van der Waals surface area (Å²) in [6, 6.07) is 6.43. The molecule has 1 fully saturated rings. The van der Waals surface area contributed by atoms with Crippen molar-refractivity contribution in [1.82, 2.24) is 10.6 Å². The molecule has 0 spiro atoms. The van der Waals surface area contributed by atoms with Crippen molar-refractivity contribution in [2.45, 2.75) is 32.0 Å². The zero-order valence-corrected chi connectivity index (χ0v) is 12.6. The molecule has 1 aliphatic rings. The summed E-state index contributed by atoms with van der Waals surface area (Å²) in [6.45, 7) is 3.53. The second-order valence-corrected chi connectivity index (χ2v) is 5.46. The molecule has 1 saturated heterocycles. The van der Waals surface area contributed by atoms with Gasteiger partial charge in [-0.25, -0.2) is 4.79 Å². The lowest BCUT2D eigenvalue weighted by molar-refractivity contribution is -0.138. The van der Waals surface area contributed by atoms with E-state index in [1.54, 1.807) is 24.3 Å². The van der Waals surface area contributed by atoms with E-state index in [9.17, 15) is 14.7 Å². The van der Waals surface area contributed by atoms with Crippen LogP contribution in [0.3, 0.4) is 0 Å². The highest BCUT2D eigenvalue weighted by atomic mass is 16.5. The van der Waals surface area contributed by atoms with Crippen molar-refractivity contribution in [3.8, 4) is 0 Å². The molecule has 2 atom stereocenters. The summed E-state index contributed by atoms with van der Waals surface area (Å²) < 4.78 is 5.48. The molecule has 0 aliphatic carbocycles. The van der Waals surface area contributed by atoms with E-state index in [0.29, 0.717) is 5.69 Å². The molecule has 0 radical (unpaired) electrons. The molecule has 2 unspecified atom stereocenters. The van der Waals surface area contributed by atoms with E-state index in [1.165, 1.54) is 0 Å². The van der Waals surface area contributed by atoms with E-state index in [1.807, 2.05) is 13.8 Å². The topological polar surface area (TPSA) is 99.7 Å². The number of anilines is 1. The van der Waals surface area contributed by atoms with Crippen LogP contribution in [0.2, 0.25) is 0 Å². The van der Waals surface area contributed by atoms with Gasteiger partial charge in [0, 0.05) is 11.7 Å². The van der Waals surface area contributed by atoms with Crippen molar-refractivity contribution in [3.05, 3.63) is 29.8 Å². The Morgan fingerprint density at radius 2 is 2.09 bits per heavy atom. The van der Waals surface area contributed by atoms with Crippen LogP contribution in [0.25, 0.3) is 0 Å². The predicted molar refractivity (Wildman–Crippen MR) is 81.4 cm³/mol. The van der Waals surface area contributed by atoms with Gasteiger partial charge in [-0.15, -0.1) is 0 Å². The minimum absolute atomic E-state index is 0.0298. The van der Waals surface area contributed by atoms with Gasteiger partial charge in [-0.3, -0.25) is 4.79 Å². The lowest BCUT2D eigenvalue weighted by atomic mass is 10.0. The van der Waals surface area contributed by atoms with Gasteiger partial charge in [0.25, 0.3) is 0 Å². The zero-order chi connectivity index (χ0) is 16.1. The number of benzene rings is 1. The van der Waals surface area contributed by atoms with Crippen LogP contribution in [0.5, 0.6) is 0 Å². The highest BCUT2D eigenvalue weighted by molar-refractivity contribution is 5.89. The molecule has 1 aromatic carbocycles. The summed E-state index contributed by atoms with van der Waals surface area (Å²) in [5.74, 6) is -0.237. The fraction of sp³-hybridized carbons (Fsp3) is 0.467. The second-order valence-electron chi connectivity index (χ2n) is 5.46. The molecular weight excluding hydrogens is 286 g/mol. The predicted octanol–water partition coefficient (Wildman–Crippen LogP) is 0.765. The number of urea groups is 1. The van der Waals surface area contributed by atoms with E-state index in [-0.39, 0.29) is 31.2 Å². The van der Waals surface area contributed by atoms with Gasteiger partial charge >= 0.3 is 6.03 Å². The van der Waals surface area contributed by atoms with Crippen LogP contribution in [0.1, 0.15) is 25.5 Å². The maximum absolute atomic E-state index is 11.6. The molecule has 120 valence electrons. The maximum Gasteiger partial charge on any atom is 0.319 e. The Kier molecular flexibility index (Phi) is 5.35. The van der Waals surface area contributed by atoms with Crippen LogP contribution in [0, 0.1) is 0 Å². The number of carbonyl (C=O) groups is 2. The van der Waals surface area contributed by atoms with Crippen LogP contribution in [0.4, 0.5) is 10.5 Å². The first-order valence-corrected chi connectivity index (χ1v) is 7.19. The minimum atomic E-state index is -0.468. The fourth-order valence-corrected chi connectivity index (χ4v) is 2.26. The SMILES string of the molecule is CC(C)NC(=O)Nc1ccc(C2OCC(=O)NC2CO)cc1. The molecule has 0 aromatic heterocycles. The van der Waals surface area contributed by atoms with E-state index >= 15 is 0 Å².